The maximum absolute atomic E-state index is 4.65. The SMILES string of the molecule is C=Cc1ncc(NC(C)(C)C)n1/C=C(\C)c1cn(C)nc1-c1cccc(C)n1. The molecule has 3 aromatic rings. The summed E-state index contributed by atoms with van der Waals surface area (Å²) < 4.78 is 3.84. The predicted molar refractivity (Wildman–Crippen MR) is 117 cm³/mol. The Hall–Kier alpha value is -3.15. The number of allylic oxidation sites excluding steroid dienone is 1. The van der Waals surface area contributed by atoms with Gasteiger partial charge in [-0.15, -0.1) is 0 Å². The molecule has 0 saturated heterocycles. The molecule has 0 radical (unpaired) electrons. The fourth-order valence-electron chi connectivity index (χ4n) is 3.04. The van der Waals surface area contributed by atoms with Crippen molar-refractivity contribution < 1.29 is 0 Å². The lowest BCUT2D eigenvalue weighted by molar-refractivity contribution is 0.629. The van der Waals surface area contributed by atoms with E-state index in [-0.39, 0.29) is 5.54 Å². The van der Waals surface area contributed by atoms with Crippen LogP contribution >= 0.6 is 0 Å². The Bertz CT molecular complexity index is 1030. The third kappa shape index (κ3) is 4.22. The van der Waals surface area contributed by atoms with Crippen LogP contribution in [0.15, 0.2) is 37.2 Å². The van der Waals surface area contributed by atoms with Crippen molar-refractivity contribution in [1.29, 1.82) is 0 Å². The number of pyridine rings is 1. The number of nitrogens with one attached hydrogen (secondary N) is 1. The third-order valence-corrected chi connectivity index (χ3v) is 4.22. The van der Waals surface area contributed by atoms with Gasteiger partial charge in [0.2, 0.25) is 0 Å². The van der Waals surface area contributed by atoms with Crippen molar-refractivity contribution in [1.82, 2.24) is 24.3 Å². The van der Waals surface area contributed by atoms with Crippen molar-refractivity contribution in [3.05, 3.63) is 54.3 Å². The zero-order valence-electron chi connectivity index (χ0n) is 17.5. The molecule has 6 heteroatoms. The summed E-state index contributed by atoms with van der Waals surface area (Å²) >= 11 is 0. The quantitative estimate of drug-likeness (QED) is 0.691. The minimum absolute atomic E-state index is 0.0804. The summed E-state index contributed by atoms with van der Waals surface area (Å²) in [6, 6.07) is 5.98. The molecule has 3 aromatic heterocycles. The summed E-state index contributed by atoms with van der Waals surface area (Å²) in [6.07, 6.45) is 7.67. The van der Waals surface area contributed by atoms with Crippen molar-refractivity contribution in [2.45, 2.75) is 40.2 Å². The van der Waals surface area contributed by atoms with E-state index >= 15 is 0 Å². The second-order valence-electron chi connectivity index (χ2n) is 7.99. The van der Waals surface area contributed by atoms with Crippen molar-refractivity contribution in [2.75, 3.05) is 5.32 Å². The highest BCUT2D eigenvalue weighted by Gasteiger charge is 2.16. The van der Waals surface area contributed by atoms with Gasteiger partial charge in [-0.2, -0.15) is 5.10 Å². The summed E-state index contributed by atoms with van der Waals surface area (Å²) in [7, 11) is 1.93. The standard InChI is InChI=1S/C22H28N6/c1-8-19-23-12-20(25-22(4,5)6)28(19)13-15(2)17-14-27(7)26-21(17)18-11-9-10-16(3)24-18/h8-14,25H,1H2,2-7H3/b15-13+. The number of aromatic nitrogens is 5. The molecule has 0 aliphatic heterocycles. The van der Waals surface area contributed by atoms with Gasteiger partial charge in [-0.1, -0.05) is 12.6 Å². The maximum atomic E-state index is 4.65. The van der Waals surface area contributed by atoms with E-state index in [1.165, 1.54) is 0 Å². The molecular weight excluding hydrogens is 348 g/mol. The summed E-state index contributed by atoms with van der Waals surface area (Å²) in [5.41, 5.74) is 4.71. The van der Waals surface area contributed by atoms with Crippen LogP contribution in [-0.4, -0.2) is 29.9 Å². The fraction of sp³-hybridized carbons (Fsp3) is 0.318. The van der Waals surface area contributed by atoms with E-state index in [2.05, 4.69) is 60.9 Å². The van der Waals surface area contributed by atoms with Crippen LogP contribution in [-0.2, 0) is 7.05 Å². The van der Waals surface area contributed by atoms with Gasteiger partial charge in [-0.3, -0.25) is 14.2 Å². The monoisotopic (exact) mass is 376 g/mol. The molecule has 0 aliphatic carbocycles. The number of hydrogen-bond donors (Lipinski definition) is 1. The minimum atomic E-state index is -0.0804. The zero-order valence-corrected chi connectivity index (χ0v) is 17.5. The van der Waals surface area contributed by atoms with Crippen molar-refractivity contribution in [3.8, 4) is 11.4 Å². The molecule has 0 spiro atoms. The molecule has 0 fully saturated rings. The van der Waals surface area contributed by atoms with E-state index in [4.69, 9.17) is 0 Å². The van der Waals surface area contributed by atoms with Crippen molar-refractivity contribution >= 4 is 23.7 Å². The first-order valence-corrected chi connectivity index (χ1v) is 9.32. The first-order chi connectivity index (χ1) is 13.2. The van der Waals surface area contributed by atoms with Gasteiger partial charge in [0.1, 0.15) is 17.3 Å². The molecular formula is C22H28N6. The number of aryl methyl sites for hydroxylation is 2. The fourth-order valence-corrected chi connectivity index (χ4v) is 3.04. The average molecular weight is 377 g/mol. The highest BCUT2D eigenvalue weighted by Crippen LogP contribution is 2.28. The first kappa shape index (κ1) is 19.6. The van der Waals surface area contributed by atoms with Gasteiger partial charge in [-0.25, -0.2) is 4.98 Å². The molecule has 3 rings (SSSR count). The number of nitrogens with zero attached hydrogens (tertiary/aromatic N) is 5. The van der Waals surface area contributed by atoms with E-state index in [0.29, 0.717) is 0 Å². The lowest BCUT2D eigenvalue weighted by Crippen LogP contribution is -2.27. The molecule has 0 unspecified atom stereocenters. The second kappa shape index (κ2) is 7.46. The Balaban J connectivity index is 2.09. The van der Waals surface area contributed by atoms with Gasteiger partial charge < -0.3 is 5.32 Å². The predicted octanol–water partition coefficient (Wildman–Crippen LogP) is 4.86. The highest BCUT2D eigenvalue weighted by atomic mass is 15.3. The average Bonchev–Trinajstić information content (AvgIpc) is 3.17. The van der Waals surface area contributed by atoms with E-state index < -0.39 is 0 Å². The lowest BCUT2D eigenvalue weighted by atomic mass is 10.1. The molecule has 3 heterocycles. The number of anilines is 1. The van der Waals surface area contributed by atoms with Crippen LogP contribution in [0.3, 0.4) is 0 Å². The summed E-state index contributed by atoms with van der Waals surface area (Å²) in [6.45, 7) is 14.3. The Morgan fingerprint density at radius 3 is 2.64 bits per heavy atom. The van der Waals surface area contributed by atoms with Crippen LogP contribution in [0.4, 0.5) is 5.82 Å². The largest absolute Gasteiger partial charge is 0.365 e. The van der Waals surface area contributed by atoms with Gasteiger partial charge in [0.15, 0.2) is 0 Å². The Labute approximate surface area is 166 Å². The van der Waals surface area contributed by atoms with Crippen LogP contribution in [0.1, 0.15) is 44.8 Å². The van der Waals surface area contributed by atoms with Crippen LogP contribution < -0.4 is 5.32 Å². The first-order valence-electron chi connectivity index (χ1n) is 9.32. The van der Waals surface area contributed by atoms with E-state index in [0.717, 1.165) is 39.9 Å². The van der Waals surface area contributed by atoms with Crippen molar-refractivity contribution in [3.63, 3.8) is 0 Å². The summed E-state index contributed by atoms with van der Waals surface area (Å²) in [4.78, 5) is 9.11. The summed E-state index contributed by atoms with van der Waals surface area (Å²) in [5.74, 6) is 1.70. The molecule has 146 valence electrons. The van der Waals surface area contributed by atoms with Crippen molar-refractivity contribution in [2.24, 2.45) is 7.05 Å². The van der Waals surface area contributed by atoms with Gasteiger partial charge >= 0.3 is 0 Å². The zero-order chi connectivity index (χ0) is 20.5. The molecule has 0 atom stereocenters. The second-order valence-corrected chi connectivity index (χ2v) is 7.99. The Kier molecular flexibility index (Phi) is 5.23. The molecule has 28 heavy (non-hydrogen) atoms. The van der Waals surface area contributed by atoms with Gasteiger partial charge in [0.25, 0.3) is 0 Å². The molecule has 6 nitrogen and oxygen atoms in total. The molecule has 0 saturated carbocycles. The van der Waals surface area contributed by atoms with Gasteiger partial charge in [0, 0.05) is 36.2 Å². The number of imidazole rings is 1. The molecule has 0 bridgehead atoms. The smallest absolute Gasteiger partial charge is 0.137 e. The third-order valence-electron chi connectivity index (χ3n) is 4.22. The van der Waals surface area contributed by atoms with E-state index in [1.807, 2.05) is 53.8 Å². The molecule has 0 amide bonds. The summed E-state index contributed by atoms with van der Waals surface area (Å²) in [5, 5.41) is 8.14. The minimum Gasteiger partial charge on any atom is -0.365 e. The maximum Gasteiger partial charge on any atom is 0.137 e. The van der Waals surface area contributed by atoms with Crippen LogP contribution in [0.25, 0.3) is 29.2 Å². The normalized spacial score (nSPS) is 12.3. The van der Waals surface area contributed by atoms with Gasteiger partial charge in [-0.05, 0) is 58.4 Å². The number of hydrogen-bond acceptors (Lipinski definition) is 4. The topological polar surface area (TPSA) is 60.6 Å². The number of rotatable bonds is 5. The van der Waals surface area contributed by atoms with Crippen LogP contribution in [0.2, 0.25) is 0 Å². The van der Waals surface area contributed by atoms with E-state index in [1.54, 1.807) is 6.08 Å². The van der Waals surface area contributed by atoms with Crippen LogP contribution in [0, 0.1) is 6.92 Å². The lowest BCUT2D eigenvalue weighted by Gasteiger charge is -2.22. The Morgan fingerprint density at radius 1 is 1.25 bits per heavy atom. The Morgan fingerprint density at radius 2 is 2.00 bits per heavy atom. The molecule has 1 N–H and O–H groups in total. The van der Waals surface area contributed by atoms with Gasteiger partial charge in [0.05, 0.1) is 11.9 Å². The highest BCUT2D eigenvalue weighted by molar-refractivity contribution is 5.83. The van der Waals surface area contributed by atoms with E-state index in [9.17, 15) is 0 Å². The van der Waals surface area contributed by atoms with Crippen LogP contribution in [0.5, 0.6) is 0 Å². The molecule has 0 aliphatic rings. The molecule has 0 aromatic carbocycles.